The van der Waals surface area contributed by atoms with Gasteiger partial charge in [-0.15, -0.1) is 0 Å². The number of carbonyl (C=O) groups excluding carboxylic acids is 1. The first-order valence-corrected chi connectivity index (χ1v) is 12.5. The number of halogens is 1. The zero-order chi connectivity index (χ0) is 22.4. The molecule has 1 aliphatic carbocycles. The molecule has 1 N–H and O–H groups in total. The molecule has 2 aliphatic rings. The molecule has 32 heavy (non-hydrogen) atoms. The molecule has 0 aromatic heterocycles. The van der Waals surface area contributed by atoms with Crippen molar-refractivity contribution in [1.82, 2.24) is 4.90 Å². The van der Waals surface area contributed by atoms with E-state index in [2.05, 4.69) is 17.1 Å². The van der Waals surface area contributed by atoms with Crippen LogP contribution in [-0.4, -0.2) is 37.0 Å². The number of benzene rings is 2. The van der Waals surface area contributed by atoms with E-state index in [1.807, 2.05) is 48.5 Å². The van der Waals surface area contributed by atoms with Crippen molar-refractivity contribution in [1.29, 1.82) is 0 Å². The Morgan fingerprint density at radius 2 is 1.75 bits per heavy atom. The van der Waals surface area contributed by atoms with E-state index >= 15 is 0 Å². The molecule has 2 aromatic rings. The van der Waals surface area contributed by atoms with Gasteiger partial charge in [0.1, 0.15) is 12.4 Å². The summed E-state index contributed by atoms with van der Waals surface area (Å²) in [5.41, 5.74) is 1.19. The number of nitrogens with zero attached hydrogens (tertiary/aromatic N) is 1. The van der Waals surface area contributed by atoms with Crippen LogP contribution in [0, 0.1) is 5.92 Å². The molecule has 0 bridgehead atoms. The maximum Gasteiger partial charge on any atom is 0.235 e. The molecule has 4 nitrogen and oxygen atoms in total. The van der Waals surface area contributed by atoms with E-state index in [0.29, 0.717) is 11.6 Å². The summed E-state index contributed by atoms with van der Waals surface area (Å²) in [4.78, 5) is 16.0. The highest BCUT2D eigenvalue weighted by molar-refractivity contribution is 6.31. The highest BCUT2D eigenvalue weighted by Crippen LogP contribution is 2.43. The van der Waals surface area contributed by atoms with Crippen molar-refractivity contribution in [2.45, 2.75) is 57.3 Å². The Bertz CT molecular complexity index is 885. The molecule has 1 saturated heterocycles. The average molecular weight is 455 g/mol. The fourth-order valence-electron chi connectivity index (χ4n) is 5.09. The third kappa shape index (κ3) is 5.47. The van der Waals surface area contributed by atoms with Gasteiger partial charge in [0.05, 0.1) is 5.41 Å². The summed E-state index contributed by atoms with van der Waals surface area (Å²) in [5, 5.41) is 3.83. The summed E-state index contributed by atoms with van der Waals surface area (Å²) in [6.45, 7) is 6.32. The van der Waals surface area contributed by atoms with Crippen molar-refractivity contribution in [3.05, 3.63) is 59.1 Å². The quantitative estimate of drug-likeness (QED) is 0.534. The molecule has 2 aromatic carbocycles. The Kier molecular flexibility index (Phi) is 7.75. The van der Waals surface area contributed by atoms with Crippen LogP contribution in [0.5, 0.6) is 5.75 Å². The Morgan fingerprint density at radius 1 is 1.06 bits per heavy atom. The minimum atomic E-state index is -0.558. The molecule has 0 atom stereocenters. The minimum absolute atomic E-state index is 0.0401. The highest BCUT2D eigenvalue weighted by atomic mass is 35.5. The van der Waals surface area contributed by atoms with Gasteiger partial charge in [0.2, 0.25) is 5.91 Å². The lowest BCUT2D eigenvalue weighted by molar-refractivity contribution is -0.122. The van der Waals surface area contributed by atoms with Crippen LogP contribution in [0.25, 0.3) is 0 Å². The molecular formula is C27H35ClN2O2. The first kappa shape index (κ1) is 23.1. The molecule has 1 amide bonds. The largest absolute Gasteiger partial charge is 0.492 e. The van der Waals surface area contributed by atoms with Crippen LogP contribution in [0.15, 0.2) is 48.5 Å². The summed E-state index contributed by atoms with van der Waals surface area (Å²) in [6, 6.07) is 15.5. The van der Waals surface area contributed by atoms with Gasteiger partial charge in [0.15, 0.2) is 0 Å². The second-order valence-corrected chi connectivity index (χ2v) is 9.88. The zero-order valence-corrected chi connectivity index (χ0v) is 19.9. The van der Waals surface area contributed by atoms with Crippen molar-refractivity contribution in [3.63, 3.8) is 0 Å². The standard InChI is InChI=1S/C27H35ClN2O2/c1-21-13-17-30(18-14-21)19-20-32-23-11-9-22(10-12-23)29-26(31)27(15-5-2-6-16-27)24-7-3-4-8-25(24)28/h3-4,7-12,21H,2,5-6,13-20H2,1H3,(H,29,31). The molecule has 0 spiro atoms. The minimum Gasteiger partial charge on any atom is -0.492 e. The van der Waals surface area contributed by atoms with E-state index in [0.717, 1.165) is 55.1 Å². The van der Waals surface area contributed by atoms with Crippen molar-refractivity contribution < 1.29 is 9.53 Å². The monoisotopic (exact) mass is 454 g/mol. The molecule has 1 aliphatic heterocycles. The second kappa shape index (κ2) is 10.7. The van der Waals surface area contributed by atoms with Crippen molar-refractivity contribution in [3.8, 4) is 5.75 Å². The molecule has 0 radical (unpaired) electrons. The Balaban J connectivity index is 1.35. The van der Waals surface area contributed by atoms with Gasteiger partial charge in [-0.1, -0.05) is 56.0 Å². The van der Waals surface area contributed by atoms with E-state index in [1.165, 1.54) is 32.4 Å². The van der Waals surface area contributed by atoms with Crippen molar-refractivity contribution in [2.24, 2.45) is 5.92 Å². The lowest BCUT2D eigenvalue weighted by atomic mass is 9.68. The molecule has 2 fully saturated rings. The van der Waals surface area contributed by atoms with Gasteiger partial charge in [0, 0.05) is 17.3 Å². The summed E-state index contributed by atoms with van der Waals surface area (Å²) in [5.74, 6) is 1.73. The number of anilines is 1. The number of hydrogen-bond donors (Lipinski definition) is 1. The molecular weight excluding hydrogens is 420 g/mol. The van der Waals surface area contributed by atoms with Crippen LogP contribution in [-0.2, 0) is 10.2 Å². The van der Waals surface area contributed by atoms with Gasteiger partial charge in [-0.05, 0) is 80.6 Å². The van der Waals surface area contributed by atoms with Crippen molar-refractivity contribution in [2.75, 3.05) is 31.6 Å². The fourth-order valence-corrected chi connectivity index (χ4v) is 5.40. The van der Waals surface area contributed by atoms with E-state index in [1.54, 1.807) is 0 Å². The summed E-state index contributed by atoms with van der Waals surface area (Å²) in [6.07, 6.45) is 7.48. The average Bonchev–Trinajstić information content (AvgIpc) is 2.82. The number of nitrogens with one attached hydrogen (secondary N) is 1. The highest BCUT2D eigenvalue weighted by Gasteiger charge is 2.42. The van der Waals surface area contributed by atoms with Gasteiger partial charge in [-0.2, -0.15) is 0 Å². The number of ether oxygens (including phenoxy) is 1. The van der Waals surface area contributed by atoms with Crippen LogP contribution in [0.2, 0.25) is 5.02 Å². The smallest absolute Gasteiger partial charge is 0.235 e. The molecule has 4 rings (SSSR count). The molecule has 5 heteroatoms. The van der Waals surface area contributed by atoms with E-state index in [9.17, 15) is 4.79 Å². The maximum absolute atomic E-state index is 13.5. The lowest BCUT2D eigenvalue weighted by Crippen LogP contribution is -2.42. The molecule has 0 unspecified atom stereocenters. The normalized spacial score (nSPS) is 19.4. The van der Waals surface area contributed by atoms with Gasteiger partial charge >= 0.3 is 0 Å². The number of carbonyl (C=O) groups is 1. The fraction of sp³-hybridized carbons (Fsp3) is 0.519. The number of amides is 1. The Morgan fingerprint density at radius 3 is 2.44 bits per heavy atom. The van der Waals surface area contributed by atoms with E-state index in [4.69, 9.17) is 16.3 Å². The third-order valence-corrected chi connectivity index (χ3v) is 7.53. The number of rotatable bonds is 7. The van der Waals surface area contributed by atoms with E-state index < -0.39 is 5.41 Å². The third-order valence-electron chi connectivity index (χ3n) is 7.20. The second-order valence-electron chi connectivity index (χ2n) is 9.47. The van der Waals surface area contributed by atoms with Gasteiger partial charge in [-0.3, -0.25) is 9.69 Å². The van der Waals surface area contributed by atoms with Crippen LogP contribution in [0.1, 0.15) is 57.4 Å². The predicted molar refractivity (Wildman–Crippen MR) is 132 cm³/mol. The summed E-state index contributed by atoms with van der Waals surface area (Å²) >= 11 is 6.53. The lowest BCUT2D eigenvalue weighted by Gasteiger charge is -2.37. The number of hydrogen-bond acceptors (Lipinski definition) is 3. The van der Waals surface area contributed by atoms with Crippen LogP contribution in [0.4, 0.5) is 5.69 Å². The first-order valence-electron chi connectivity index (χ1n) is 12.1. The van der Waals surface area contributed by atoms with E-state index in [-0.39, 0.29) is 5.91 Å². The SMILES string of the molecule is CC1CCN(CCOc2ccc(NC(=O)C3(c4ccccc4Cl)CCCCC3)cc2)CC1. The Labute approximate surface area is 197 Å². The van der Waals surface area contributed by atoms with Crippen LogP contribution < -0.4 is 10.1 Å². The zero-order valence-electron chi connectivity index (χ0n) is 19.1. The topological polar surface area (TPSA) is 41.6 Å². The van der Waals surface area contributed by atoms with Crippen LogP contribution in [0.3, 0.4) is 0 Å². The number of likely N-dealkylation sites (tertiary alicyclic amines) is 1. The van der Waals surface area contributed by atoms with Crippen LogP contribution >= 0.6 is 11.6 Å². The molecule has 172 valence electrons. The van der Waals surface area contributed by atoms with Gasteiger partial charge < -0.3 is 10.1 Å². The number of piperidine rings is 1. The maximum atomic E-state index is 13.5. The summed E-state index contributed by atoms with van der Waals surface area (Å²) in [7, 11) is 0. The van der Waals surface area contributed by atoms with Gasteiger partial charge in [0.25, 0.3) is 0 Å². The first-order chi connectivity index (χ1) is 15.6. The molecule has 1 saturated carbocycles. The summed E-state index contributed by atoms with van der Waals surface area (Å²) < 4.78 is 5.94. The molecule has 1 heterocycles. The van der Waals surface area contributed by atoms with Gasteiger partial charge in [-0.25, -0.2) is 0 Å². The Hall–Kier alpha value is -2.04. The van der Waals surface area contributed by atoms with Crippen molar-refractivity contribution >= 4 is 23.2 Å². The predicted octanol–water partition coefficient (Wildman–Crippen LogP) is 6.29.